The first-order valence-corrected chi connectivity index (χ1v) is 11.4. The van der Waals surface area contributed by atoms with Crippen LogP contribution in [0.1, 0.15) is 16.1 Å². The van der Waals surface area contributed by atoms with E-state index in [0.717, 1.165) is 0 Å². The predicted molar refractivity (Wildman–Crippen MR) is 108 cm³/mol. The molecule has 2 aromatic rings. The highest BCUT2D eigenvalue weighted by atomic mass is 35.5. The summed E-state index contributed by atoms with van der Waals surface area (Å²) in [5, 5.41) is 4.90. The van der Waals surface area contributed by atoms with Crippen LogP contribution < -0.4 is 5.32 Å². The fourth-order valence-corrected chi connectivity index (χ4v) is 5.25. The number of thiophene rings is 1. The average Bonchev–Trinajstić information content (AvgIpc) is 3.23. The number of sulfonamides is 1. The van der Waals surface area contributed by atoms with Crippen molar-refractivity contribution in [2.75, 3.05) is 32.7 Å². The number of rotatable bonds is 6. The first kappa shape index (κ1) is 20.8. The Morgan fingerprint density at radius 3 is 2.50 bits per heavy atom. The number of piperazine rings is 1. The predicted octanol–water partition coefficient (Wildman–Crippen LogP) is 2.05. The maximum absolute atomic E-state index is 12.7. The van der Waals surface area contributed by atoms with Gasteiger partial charge in [0.15, 0.2) is 0 Å². The molecule has 2 heterocycles. The van der Waals surface area contributed by atoms with Gasteiger partial charge in [-0.3, -0.25) is 9.59 Å². The lowest BCUT2D eigenvalue weighted by Gasteiger charge is -2.34. The summed E-state index contributed by atoms with van der Waals surface area (Å²) in [5.41, 5.74) is 0. The summed E-state index contributed by atoms with van der Waals surface area (Å²) in [4.78, 5) is 26.6. The summed E-state index contributed by atoms with van der Waals surface area (Å²) in [6, 6.07) is 9.66. The van der Waals surface area contributed by atoms with E-state index in [1.807, 2.05) is 5.38 Å². The van der Waals surface area contributed by atoms with Gasteiger partial charge in [-0.1, -0.05) is 23.7 Å². The first-order chi connectivity index (χ1) is 13.4. The molecule has 1 saturated heterocycles. The zero-order valence-electron chi connectivity index (χ0n) is 15.0. The van der Waals surface area contributed by atoms with Crippen molar-refractivity contribution >= 4 is 44.8 Å². The number of hydrogen-bond acceptors (Lipinski definition) is 5. The van der Waals surface area contributed by atoms with E-state index in [0.29, 0.717) is 23.0 Å². The Kier molecular flexibility index (Phi) is 6.71. The quantitative estimate of drug-likeness (QED) is 0.743. The largest absolute Gasteiger partial charge is 0.351 e. The second-order valence-electron chi connectivity index (χ2n) is 6.23. The van der Waals surface area contributed by atoms with Gasteiger partial charge in [0.1, 0.15) is 0 Å². The van der Waals surface area contributed by atoms with Gasteiger partial charge < -0.3 is 10.2 Å². The van der Waals surface area contributed by atoms with Crippen LogP contribution in [0.5, 0.6) is 0 Å². The van der Waals surface area contributed by atoms with Crippen molar-refractivity contribution in [2.24, 2.45) is 0 Å². The lowest BCUT2D eigenvalue weighted by molar-refractivity contribution is -0.132. The van der Waals surface area contributed by atoms with Crippen LogP contribution in [0.4, 0.5) is 0 Å². The standard InChI is InChI=1S/C18H20ClN3O4S2/c19-14-3-1-4-15(13-14)28(25,26)22-10-8-21(9-11-22)17(23)6-7-20-18(24)16-5-2-12-27-16/h1-5,12-13H,6-11H2,(H,20,24). The molecule has 0 radical (unpaired) electrons. The van der Waals surface area contributed by atoms with E-state index in [1.165, 1.54) is 27.8 Å². The van der Waals surface area contributed by atoms with Gasteiger partial charge in [0, 0.05) is 44.2 Å². The van der Waals surface area contributed by atoms with Crippen molar-refractivity contribution in [3.63, 3.8) is 0 Å². The molecule has 0 bridgehead atoms. The van der Waals surface area contributed by atoms with E-state index in [2.05, 4.69) is 5.32 Å². The highest BCUT2D eigenvalue weighted by Gasteiger charge is 2.30. The Balaban J connectivity index is 1.48. The fraction of sp³-hybridized carbons (Fsp3) is 0.333. The van der Waals surface area contributed by atoms with Crippen LogP contribution >= 0.6 is 22.9 Å². The Bertz CT molecular complexity index is 940. The summed E-state index contributed by atoms with van der Waals surface area (Å²) >= 11 is 7.23. The number of hydrogen-bond donors (Lipinski definition) is 1. The van der Waals surface area contributed by atoms with Crippen molar-refractivity contribution in [1.82, 2.24) is 14.5 Å². The average molecular weight is 442 g/mol. The molecule has 3 rings (SSSR count). The topological polar surface area (TPSA) is 86.8 Å². The molecule has 0 atom stereocenters. The van der Waals surface area contributed by atoms with Crippen molar-refractivity contribution in [3.05, 3.63) is 51.7 Å². The van der Waals surface area contributed by atoms with Crippen LogP contribution in [0.3, 0.4) is 0 Å². The fourth-order valence-electron chi connectivity index (χ4n) is 2.89. The third kappa shape index (κ3) is 4.91. The molecule has 0 saturated carbocycles. The molecule has 1 aromatic carbocycles. The minimum atomic E-state index is -3.63. The minimum absolute atomic E-state index is 0.105. The van der Waals surface area contributed by atoms with Gasteiger partial charge in [0.05, 0.1) is 9.77 Å². The SMILES string of the molecule is O=C(NCCC(=O)N1CCN(S(=O)(=O)c2cccc(Cl)c2)CC1)c1cccs1. The van der Waals surface area contributed by atoms with Crippen LogP contribution in [0.15, 0.2) is 46.7 Å². The summed E-state index contributed by atoms with van der Waals surface area (Å²) in [5.74, 6) is -0.300. The number of halogens is 1. The molecule has 10 heteroatoms. The lowest BCUT2D eigenvalue weighted by Crippen LogP contribution is -2.50. The van der Waals surface area contributed by atoms with E-state index < -0.39 is 10.0 Å². The molecule has 7 nitrogen and oxygen atoms in total. The molecule has 0 unspecified atom stereocenters. The highest BCUT2D eigenvalue weighted by Crippen LogP contribution is 2.21. The van der Waals surface area contributed by atoms with Gasteiger partial charge in [0.25, 0.3) is 5.91 Å². The second kappa shape index (κ2) is 9.04. The number of carbonyl (C=O) groups is 2. The number of nitrogens with one attached hydrogen (secondary N) is 1. The van der Waals surface area contributed by atoms with Gasteiger partial charge in [-0.25, -0.2) is 8.42 Å². The van der Waals surface area contributed by atoms with Crippen molar-refractivity contribution in [2.45, 2.75) is 11.3 Å². The van der Waals surface area contributed by atoms with E-state index in [9.17, 15) is 18.0 Å². The Morgan fingerprint density at radius 1 is 1.11 bits per heavy atom. The molecule has 1 aliphatic rings. The van der Waals surface area contributed by atoms with Crippen LogP contribution in [0.25, 0.3) is 0 Å². The Labute approximate surface area is 172 Å². The van der Waals surface area contributed by atoms with Crippen molar-refractivity contribution < 1.29 is 18.0 Å². The van der Waals surface area contributed by atoms with E-state index in [-0.39, 0.29) is 42.8 Å². The Hall–Kier alpha value is -1.94. The smallest absolute Gasteiger partial charge is 0.261 e. The number of benzene rings is 1. The van der Waals surface area contributed by atoms with E-state index in [4.69, 9.17) is 11.6 Å². The van der Waals surface area contributed by atoms with Crippen LogP contribution in [0, 0.1) is 0 Å². The maximum Gasteiger partial charge on any atom is 0.261 e. The minimum Gasteiger partial charge on any atom is -0.351 e. The van der Waals surface area contributed by atoms with Gasteiger partial charge in [0.2, 0.25) is 15.9 Å². The molecule has 1 aliphatic heterocycles. The molecule has 0 spiro atoms. The third-order valence-corrected chi connectivity index (χ3v) is 7.39. The number of nitrogens with zero attached hydrogens (tertiary/aromatic N) is 2. The molecular formula is C18H20ClN3O4S2. The molecule has 28 heavy (non-hydrogen) atoms. The maximum atomic E-state index is 12.7. The van der Waals surface area contributed by atoms with Gasteiger partial charge in [-0.2, -0.15) is 4.31 Å². The molecule has 1 aromatic heterocycles. The van der Waals surface area contributed by atoms with Gasteiger partial charge in [-0.15, -0.1) is 11.3 Å². The summed E-state index contributed by atoms with van der Waals surface area (Å²) < 4.78 is 26.7. The van der Waals surface area contributed by atoms with E-state index >= 15 is 0 Å². The lowest BCUT2D eigenvalue weighted by atomic mass is 10.3. The first-order valence-electron chi connectivity index (χ1n) is 8.73. The summed E-state index contributed by atoms with van der Waals surface area (Å²) in [7, 11) is -3.63. The third-order valence-electron chi connectivity index (χ3n) is 4.39. The molecule has 1 fully saturated rings. The second-order valence-corrected chi connectivity index (χ2v) is 9.55. The normalized spacial score (nSPS) is 15.4. The van der Waals surface area contributed by atoms with Crippen LogP contribution in [0.2, 0.25) is 5.02 Å². The van der Waals surface area contributed by atoms with Crippen molar-refractivity contribution in [3.8, 4) is 0 Å². The van der Waals surface area contributed by atoms with Gasteiger partial charge in [-0.05, 0) is 29.6 Å². The number of carbonyl (C=O) groups excluding carboxylic acids is 2. The monoisotopic (exact) mass is 441 g/mol. The summed E-state index contributed by atoms with van der Waals surface area (Å²) in [6.07, 6.45) is 0.179. The van der Waals surface area contributed by atoms with Crippen molar-refractivity contribution in [1.29, 1.82) is 0 Å². The molecule has 0 aliphatic carbocycles. The van der Waals surface area contributed by atoms with Gasteiger partial charge >= 0.3 is 0 Å². The van der Waals surface area contributed by atoms with Crippen LogP contribution in [-0.2, 0) is 14.8 Å². The zero-order chi connectivity index (χ0) is 20.1. The zero-order valence-corrected chi connectivity index (χ0v) is 17.4. The molecule has 2 amide bonds. The molecule has 150 valence electrons. The Morgan fingerprint density at radius 2 is 1.86 bits per heavy atom. The summed E-state index contributed by atoms with van der Waals surface area (Å²) in [6.45, 7) is 1.33. The van der Waals surface area contributed by atoms with Crippen LogP contribution in [-0.4, -0.2) is 62.2 Å². The van der Waals surface area contributed by atoms with E-state index in [1.54, 1.807) is 29.2 Å². The number of amides is 2. The molecular weight excluding hydrogens is 422 g/mol. The molecule has 1 N–H and O–H groups in total. The highest BCUT2D eigenvalue weighted by molar-refractivity contribution is 7.89.